The molecule has 2 aliphatic rings. The van der Waals surface area contributed by atoms with Gasteiger partial charge >= 0.3 is 0 Å². The number of aliphatic hydroxyl groups excluding tert-OH is 2. The van der Waals surface area contributed by atoms with E-state index in [9.17, 15) is 10.2 Å². The van der Waals surface area contributed by atoms with Crippen molar-refractivity contribution in [3.05, 3.63) is 23.3 Å². The van der Waals surface area contributed by atoms with Crippen molar-refractivity contribution in [2.75, 3.05) is 6.61 Å². The summed E-state index contributed by atoms with van der Waals surface area (Å²) >= 11 is 0. The maximum Gasteiger partial charge on any atom is 0.0783 e. The Kier molecular flexibility index (Phi) is 2.28. The lowest BCUT2D eigenvalue weighted by Crippen LogP contribution is -2.22. The summed E-state index contributed by atoms with van der Waals surface area (Å²) < 4.78 is 0. The maximum atomic E-state index is 9.82. The summed E-state index contributed by atoms with van der Waals surface area (Å²) in [5, 5.41) is 19.0. The van der Waals surface area contributed by atoms with Crippen LogP contribution in [0.4, 0.5) is 0 Å². The monoisotopic (exact) mass is 194 g/mol. The Morgan fingerprint density at radius 2 is 2.21 bits per heavy atom. The molecule has 14 heavy (non-hydrogen) atoms. The lowest BCUT2D eigenvalue weighted by molar-refractivity contribution is 0.161. The summed E-state index contributed by atoms with van der Waals surface area (Å²) in [6.07, 6.45) is 3.30. The minimum absolute atomic E-state index is 0.0125. The van der Waals surface area contributed by atoms with Crippen molar-refractivity contribution in [2.24, 2.45) is 5.41 Å². The zero-order valence-corrected chi connectivity index (χ0v) is 8.71. The molecule has 0 aromatic carbocycles. The number of hydrogen-bond acceptors (Lipinski definition) is 2. The van der Waals surface area contributed by atoms with E-state index in [2.05, 4.69) is 13.5 Å². The third kappa shape index (κ3) is 1.33. The fourth-order valence-corrected chi connectivity index (χ4v) is 3.05. The second-order valence-corrected chi connectivity index (χ2v) is 4.87. The zero-order chi connectivity index (χ0) is 10.3. The van der Waals surface area contributed by atoms with Crippen molar-refractivity contribution < 1.29 is 10.2 Å². The first-order valence-corrected chi connectivity index (χ1v) is 5.25. The van der Waals surface area contributed by atoms with Crippen LogP contribution in [0.1, 0.15) is 32.6 Å². The molecule has 0 aromatic heterocycles. The first kappa shape index (κ1) is 9.94. The first-order valence-electron chi connectivity index (χ1n) is 5.25. The number of allylic oxidation sites excluding steroid dienone is 2. The zero-order valence-electron chi connectivity index (χ0n) is 8.71. The van der Waals surface area contributed by atoms with Crippen molar-refractivity contribution in [1.29, 1.82) is 0 Å². The molecule has 0 radical (unpaired) electrons. The van der Waals surface area contributed by atoms with Crippen LogP contribution in [0.15, 0.2) is 23.3 Å². The molecule has 0 heterocycles. The molecule has 0 amide bonds. The van der Waals surface area contributed by atoms with Gasteiger partial charge in [0.15, 0.2) is 0 Å². The van der Waals surface area contributed by atoms with E-state index in [-0.39, 0.29) is 12.0 Å². The number of hydrogen-bond donors (Lipinski definition) is 2. The van der Waals surface area contributed by atoms with Crippen molar-refractivity contribution in [3.63, 3.8) is 0 Å². The van der Waals surface area contributed by atoms with Crippen LogP contribution < -0.4 is 0 Å². The van der Waals surface area contributed by atoms with Gasteiger partial charge in [-0.1, -0.05) is 24.6 Å². The summed E-state index contributed by atoms with van der Waals surface area (Å²) in [6.45, 7) is 6.22. The summed E-state index contributed by atoms with van der Waals surface area (Å²) in [5.74, 6) is 0. The van der Waals surface area contributed by atoms with Gasteiger partial charge in [-0.15, -0.1) is 0 Å². The highest BCUT2D eigenvalue weighted by molar-refractivity contribution is 5.36. The number of fused-ring (bicyclic) bond motifs is 1. The third-order valence-corrected chi connectivity index (χ3v) is 3.70. The maximum absolute atomic E-state index is 9.82. The SMILES string of the molecule is C=C1CCC2=C(CO)C(O)CC2(C)C1. The smallest absolute Gasteiger partial charge is 0.0783 e. The van der Waals surface area contributed by atoms with Crippen LogP contribution in [-0.4, -0.2) is 22.9 Å². The molecule has 2 rings (SSSR count). The Hall–Kier alpha value is -0.600. The molecule has 2 nitrogen and oxygen atoms in total. The molecule has 2 heteroatoms. The molecule has 0 bridgehead atoms. The molecular weight excluding hydrogens is 176 g/mol. The molecule has 2 aliphatic carbocycles. The molecular formula is C12H18O2. The molecule has 1 saturated carbocycles. The topological polar surface area (TPSA) is 40.5 Å². The summed E-state index contributed by atoms with van der Waals surface area (Å²) in [4.78, 5) is 0. The second-order valence-electron chi connectivity index (χ2n) is 4.87. The van der Waals surface area contributed by atoms with Crippen LogP contribution in [0, 0.1) is 5.41 Å². The minimum atomic E-state index is -0.425. The van der Waals surface area contributed by atoms with Crippen molar-refractivity contribution in [1.82, 2.24) is 0 Å². The number of aliphatic hydroxyl groups is 2. The Balaban J connectivity index is 2.36. The van der Waals surface area contributed by atoms with E-state index in [1.54, 1.807) is 0 Å². The van der Waals surface area contributed by atoms with Gasteiger partial charge in [-0.2, -0.15) is 0 Å². The largest absolute Gasteiger partial charge is 0.392 e. The van der Waals surface area contributed by atoms with E-state index in [1.165, 1.54) is 11.1 Å². The van der Waals surface area contributed by atoms with E-state index in [0.29, 0.717) is 0 Å². The molecule has 0 aromatic rings. The molecule has 0 spiro atoms. The third-order valence-electron chi connectivity index (χ3n) is 3.70. The highest BCUT2D eigenvalue weighted by Gasteiger charge is 2.43. The van der Waals surface area contributed by atoms with E-state index >= 15 is 0 Å². The van der Waals surface area contributed by atoms with Gasteiger partial charge in [-0.05, 0) is 36.7 Å². The standard InChI is InChI=1S/C12H18O2/c1-8-3-4-10-9(7-13)11(14)6-12(10,2)5-8/h11,13-14H,1,3-7H2,2H3. The van der Waals surface area contributed by atoms with E-state index in [4.69, 9.17) is 0 Å². The van der Waals surface area contributed by atoms with Gasteiger partial charge in [-0.3, -0.25) is 0 Å². The molecule has 1 fully saturated rings. The molecule has 2 atom stereocenters. The quantitative estimate of drug-likeness (QED) is 0.625. The van der Waals surface area contributed by atoms with Crippen LogP contribution in [0.2, 0.25) is 0 Å². The van der Waals surface area contributed by atoms with E-state index < -0.39 is 6.10 Å². The van der Waals surface area contributed by atoms with Gasteiger partial charge in [0.2, 0.25) is 0 Å². The average molecular weight is 194 g/mol. The van der Waals surface area contributed by atoms with Crippen molar-refractivity contribution in [3.8, 4) is 0 Å². The van der Waals surface area contributed by atoms with Gasteiger partial charge in [0, 0.05) is 0 Å². The molecule has 78 valence electrons. The highest BCUT2D eigenvalue weighted by atomic mass is 16.3. The van der Waals surface area contributed by atoms with Crippen molar-refractivity contribution >= 4 is 0 Å². The summed E-state index contributed by atoms with van der Waals surface area (Å²) in [6, 6.07) is 0. The van der Waals surface area contributed by atoms with Crippen LogP contribution in [0.25, 0.3) is 0 Å². The lowest BCUT2D eigenvalue weighted by atomic mass is 9.71. The van der Waals surface area contributed by atoms with Crippen LogP contribution in [0.3, 0.4) is 0 Å². The number of rotatable bonds is 1. The fourth-order valence-electron chi connectivity index (χ4n) is 3.05. The van der Waals surface area contributed by atoms with Gasteiger partial charge in [-0.25, -0.2) is 0 Å². The fraction of sp³-hybridized carbons (Fsp3) is 0.667. The minimum Gasteiger partial charge on any atom is -0.392 e. The Bertz CT molecular complexity index is 303. The lowest BCUT2D eigenvalue weighted by Gasteiger charge is -2.34. The summed E-state index contributed by atoms with van der Waals surface area (Å²) in [5.41, 5.74) is 3.52. The second kappa shape index (κ2) is 3.21. The Labute approximate surface area is 85.0 Å². The van der Waals surface area contributed by atoms with E-state index in [1.807, 2.05) is 0 Å². The molecule has 0 aliphatic heterocycles. The predicted molar refractivity (Wildman–Crippen MR) is 55.8 cm³/mol. The Morgan fingerprint density at radius 3 is 2.86 bits per heavy atom. The average Bonchev–Trinajstić information content (AvgIpc) is 2.33. The molecule has 2 unspecified atom stereocenters. The van der Waals surface area contributed by atoms with Crippen LogP contribution in [-0.2, 0) is 0 Å². The van der Waals surface area contributed by atoms with Crippen molar-refractivity contribution in [2.45, 2.75) is 38.7 Å². The molecule has 0 saturated heterocycles. The highest BCUT2D eigenvalue weighted by Crippen LogP contribution is 2.52. The van der Waals surface area contributed by atoms with Crippen LogP contribution >= 0.6 is 0 Å². The first-order chi connectivity index (χ1) is 6.57. The van der Waals surface area contributed by atoms with Gasteiger partial charge in [0.25, 0.3) is 0 Å². The van der Waals surface area contributed by atoms with Gasteiger partial charge < -0.3 is 10.2 Å². The van der Waals surface area contributed by atoms with Gasteiger partial charge in [0.1, 0.15) is 0 Å². The van der Waals surface area contributed by atoms with Gasteiger partial charge in [0.05, 0.1) is 12.7 Å². The van der Waals surface area contributed by atoms with E-state index in [0.717, 1.165) is 31.3 Å². The predicted octanol–water partition coefficient (Wildman–Crippen LogP) is 1.79. The summed E-state index contributed by atoms with van der Waals surface area (Å²) in [7, 11) is 0. The molecule has 2 N–H and O–H groups in total. The van der Waals surface area contributed by atoms with Crippen LogP contribution in [0.5, 0.6) is 0 Å². The normalized spacial score (nSPS) is 37.6. The Morgan fingerprint density at radius 1 is 1.50 bits per heavy atom.